The molecule has 2 atom stereocenters. The van der Waals surface area contributed by atoms with Crippen molar-refractivity contribution in [3.63, 3.8) is 0 Å². The maximum absolute atomic E-state index is 10.3. The number of nitrogen functional groups attached to an aromatic ring is 1. The second-order valence-corrected chi connectivity index (χ2v) is 4.41. The van der Waals surface area contributed by atoms with E-state index in [1.165, 1.54) is 0 Å². The molecule has 4 nitrogen and oxygen atoms in total. The van der Waals surface area contributed by atoms with Gasteiger partial charge in [-0.05, 0) is 31.4 Å². The van der Waals surface area contributed by atoms with Gasteiger partial charge in [0.25, 0.3) is 0 Å². The van der Waals surface area contributed by atoms with Crippen molar-refractivity contribution in [1.29, 1.82) is 0 Å². The minimum absolute atomic E-state index is 0.139. The quantitative estimate of drug-likeness (QED) is 0.794. The Labute approximate surface area is 95.4 Å². The summed E-state index contributed by atoms with van der Waals surface area (Å²) in [5.74, 6) is 0.559. The number of aromatic nitrogens is 1. The third kappa shape index (κ3) is 2.33. The highest BCUT2D eigenvalue weighted by atomic mass is 16.5. The van der Waals surface area contributed by atoms with E-state index in [1.54, 1.807) is 6.20 Å². The lowest BCUT2D eigenvalue weighted by Gasteiger charge is -2.27. The van der Waals surface area contributed by atoms with Gasteiger partial charge in [0, 0.05) is 24.3 Å². The van der Waals surface area contributed by atoms with Gasteiger partial charge in [0.15, 0.2) is 0 Å². The summed E-state index contributed by atoms with van der Waals surface area (Å²) < 4.78 is 5.37. The molecule has 1 aromatic rings. The Hall–Kier alpha value is -1.13. The zero-order valence-corrected chi connectivity index (χ0v) is 9.52. The third-order valence-electron chi connectivity index (χ3n) is 3.05. The Kier molecular flexibility index (Phi) is 3.41. The summed E-state index contributed by atoms with van der Waals surface area (Å²) >= 11 is 0. The number of pyridine rings is 1. The molecule has 0 aliphatic carbocycles. The van der Waals surface area contributed by atoms with Crippen LogP contribution in [0.3, 0.4) is 0 Å². The molecule has 16 heavy (non-hydrogen) atoms. The first kappa shape index (κ1) is 11.4. The maximum Gasteiger partial charge on any atom is 0.129 e. The van der Waals surface area contributed by atoms with Crippen LogP contribution in [0.5, 0.6) is 0 Å². The molecule has 0 saturated carbocycles. The minimum atomic E-state index is -0.562. The fraction of sp³-hybridized carbons (Fsp3) is 0.583. The normalized spacial score (nSPS) is 23.0. The molecule has 0 aromatic carbocycles. The zero-order valence-electron chi connectivity index (χ0n) is 9.52. The average Bonchev–Trinajstić information content (AvgIpc) is 2.32. The van der Waals surface area contributed by atoms with Gasteiger partial charge in [-0.1, -0.05) is 0 Å². The molecule has 3 N–H and O–H groups in total. The smallest absolute Gasteiger partial charge is 0.129 e. The van der Waals surface area contributed by atoms with Gasteiger partial charge in [-0.2, -0.15) is 0 Å². The molecule has 0 radical (unpaired) electrons. The molecule has 0 spiro atoms. The number of ether oxygens (including phenoxy) is 1. The van der Waals surface area contributed by atoms with Crippen molar-refractivity contribution in [2.75, 3.05) is 18.9 Å². The lowest BCUT2D eigenvalue weighted by molar-refractivity contribution is -0.00979. The summed E-state index contributed by atoms with van der Waals surface area (Å²) in [6.07, 6.45) is 3.13. The van der Waals surface area contributed by atoms with Gasteiger partial charge in [-0.15, -0.1) is 0 Å². The van der Waals surface area contributed by atoms with E-state index in [2.05, 4.69) is 4.98 Å². The van der Waals surface area contributed by atoms with Gasteiger partial charge in [0.1, 0.15) is 5.82 Å². The number of rotatable bonds is 2. The molecular weight excluding hydrogens is 204 g/mol. The molecule has 1 saturated heterocycles. The molecule has 88 valence electrons. The highest BCUT2D eigenvalue weighted by Crippen LogP contribution is 2.31. The maximum atomic E-state index is 10.3. The lowest BCUT2D eigenvalue weighted by atomic mass is 9.91. The first-order valence-electron chi connectivity index (χ1n) is 5.66. The zero-order chi connectivity index (χ0) is 11.5. The Bertz CT molecular complexity index is 362. The molecule has 2 unspecified atom stereocenters. The van der Waals surface area contributed by atoms with Gasteiger partial charge < -0.3 is 15.6 Å². The van der Waals surface area contributed by atoms with E-state index in [0.717, 1.165) is 30.6 Å². The summed E-state index contributed by atoms with van der Waals surface area (Å²) in [6.45, 7) is 3.35. The number of aliphatic hydroxyl groups is 1. The van der Waals surface area contributed by atoms with E-state index in [-0.39, 0.29) is 5.92 Å². The van der Waals surface area contributed by atoms with Crippen molar-refractivity contribution >= 4 is 5.82 Å². The van der Waals surface area contributed by atoms with Crippen LogP contribution < -0.4 is 5.73 Å². The van der Waals surface area contributed by atoms with Crippen molar-refractivity contribution in [2.24, 2.45) is 5.92 Å². The number of anilines is 1. The van der Waals surface area contributed by atoms with E-state index in [0.29, 0.717) is 12.4 Å². The van der Waals surface area contributed by atoms with Crippen LogP contribution in [0.1, 0.15) is 30.1 Å². The van der Waals surface area contributed by atoms with Gasteiger partial charge in [-0.3, -0.25) is 0 Å². The lowest BCUT2D eigenvalue weighted by Crippen LogP contribution is -2.24. The predicted octanol–water partition coefficient (Wildman–Crippen LogP) is 1.43. The first-order valence-corrected chi connectivity index (χ1v) is 5.66. The summed E-state index contributed by atoms with van der Waals surface area (Å²) in [7, 11) is 0. The fourth-order valence-corrected chi connectivity index (χ4v) is 2.11. The van der Waals surface area contributed by atoms with E-state index in [9.17, 15) is 5.11 Å². The fourth-order valence-electron chi connectivity index (χ4n) is 2.11. The second-order valence-electron chi connectivity index (χ2n) is 4.41. The van der Waals surface area contributed by atoms with Crippen LogP contribution >= 0.6 is 0 Å². The van der Waals surface area contributed by atoms with Crippen LogP contribution in [0, 0.1) is 12.8 Å². The Morgan fingerprint density at radius 1 is 1.62 bits per heavy atom. The van der Waals surface area contributed by atoms with Crippen LogP contribution in [0.25, 0.3) is 0 Å². The van der Waals surface area contributed by atoms with Crippen LogP contribution in [-0.4, -0.2) is 23.3 Å². The number of aryl methyl sites for hydroxylation is 1. The minimum Gasteiger partial charge on any atom is -0.388 e. The summed E-state index contributed by atoms with van der Waals surface area (Å²) in [4.78, 5) is 4.07. The molecule has 1 aliphatic rings. The summed E-state index contributed by atoms with van der Waals surface area (Å²) in [5.41, 5.74) is 7.53. The highest BCUT2D eigenvalue weighted by Gasteiger charge is 2.25. The van der Waals surface area contributed by atoms with Gasteiger partial charge in [-0.25, -0.2) is 4.98 Å². The molecule has 0 bridgehead atoms. The molecule has 2 rings (SSSR count). The van der Waals surface area contributed by atoms with Crippen LogP contribution in [0.2, 0.25) is 0 Å². The van der Waals surface area contributed by atoms with E-state index < -0.39 is 6.10 Å². The van der Waals surface area contributed by atoms with Crippen LogP contribution in [0.15, 0.2) is 12.3 Å². The average molecular weight is 222 g/mol. The van der Waals surface area contributed by atoms with Crippen molar-refractivity contribution in [3.8, 4) is 0 Å². The van der Waals surface area contributed by atoms with Crippen molar-refractivity contribution < 1.29 is 9.84 Å². The van der Waals surface area contributed by atoms with Crippen molar-refractivity contribution in [1.82, 2.24) is 4.98 Å². The summed E-state index contributed by atoms with van der Waals surface area (Å²) in [5, 5.41) is 10.3. The van der Waals surface area contributed by atoms with Crippen molar-refractivity contribution in [3.05, 3.63) is 23.4 Å². The first-order chi connectivity index (χ1) is 7.68. The number of aliphatic hydroxyl groups excluding tert-OH is 1. The topological polar surface area (TPSA) is 68.4 Å². The molecule has 1 aromatic heterocycles. The third-order valence-corrected chi connectivity index (χ3v) is 3.05. The number of nitrogens with zero attached hydrogens (tertiary/aromatic N) is 1. The molecule has 0 amide bonds. The molecule has 1 aliphatic heterocycles. The van der Waals surface area contributed by atoms with Gasteiger partial charge >= 0.3 is 0 Å². The molecule has 1 fully saturated rings. The van der Waals surface area contributed by atoms with Crippen LogP contribution in [0.4, 0.5) is 5.82 Å². The Morgan fingerprint density at radius 2 is 2.44 bits per heavy atom. The predicted molar refractivity (Wildman–Crippen MR) is 61.9 cm³/mol. The second kappa shape index (κ2) is 4.80. The summed E-state index contributed by atoms with van der Waals surface area (Å²) in [6, 6.07) is 1.90. The number of nitrogens with two attached hydrogens (primary N) is 1. The highest BCUT2D eigenvalue weighted by molar-refractivity contribution is 5.42. The SMILES string of the molecule is Cc1cnc(N)c(C(O)C2CCCOC2)c1. The monoisotopic (exact) mass is 222 g/mol. The standard InChI is InChI=1S/C12H18N2O2/c1-8-5-10(12(13)14-6-8)11(15)9-3-2-4-16-7-9/h5-6,9,11,15H,2-4,7H2,1H3,(H2,13,14). The Balaban J connectivity index is 2.18. The number of hydrogen-bond donors (Lipinski definition) is 2. The molecule has 4 heteroatoms. The van der Waals surface area contributed by atoms with E-state index in [1.807, 2.05) is 13.0 Å². The van der Waals surface area contributed by atoms with Crippen molar-refractivity contribution in [2.45, 2.75) is 25.9 Å². The van der Waals surface area contributed by atoms with Crippen LogP contribution in [-0.2, 0) is 4.74 Å². The molecule has 2 heterocycles. The van der Waals surface area contributed by atoms with Gasteiger partial charge in [0.2, 0.25) is 0 Å². The largest absolute Gasteiger partial charge is 0.388 e. The number of hydrogen-bond acceptors (Lipinski definition) is 4. The van der Waals surface area contributed by atoms with E-state index in [4.69, 9.17) is 10.5 Å². The van der Waals surface area contributed by atoms with E-state index >= 15 is 0 Å². The van der Waals surface area contributed by atoms with Gasteiger partial charge in [0.05, 0.1) is 12.7 Å². The molecular formula is C12H18N2O2. The Morgan fingerprint density at radius 3 is 3.12 bits per heavy atom.